The average Bonchev–Trinajstić information content (AvgIpc) is 2.50. The Balaban J connectivity index is 1.95. The van der Waals surface area contributed by atoms with Gasteiger partial charge in [0.1, 0.15) is 5.82 Å². The molecule has 0 aliphatic carbocycles. The minimum absolute atomic E-state index is 0.0162. The monoisotopic (exact) mass is 299 g/mol. The summed E-state index contributed by atoms with van der Waals surface area (Å²) in [6, 6.07) is 11.4. The standard InChI is InChI=1S/C18H18FNO2/c1-12-6-5-9-16(13(12)2)20-18(22)11-10-17(21)14-7-3-4-8-15(14)19/h3-9H,10-11H2,1-2H3,(H,20,22). The molecule has 4 heteroatoms. The zero-order valence-corrected chi connectivity index (χ0v) is 12.7. The van der Waals surface area contributed by atoms with Crippen molar-refractivity contribution in [1.29, 1.82) is 0 Å². The van der Waals surface area contributed by atoms with Crippen LogP contribution in [0.2, 0.25) is 0 Å². The summed E-state index contributed by atoms with van der Waals surface area (Å²) in [5, 5.41) is 2.79. The molecule has 1 amide bonds. The van der Waals surface area contributed by atoms with E-state index in [1.54, 1.807) is 6.07 Å². The lowest BCUT2D eigenvalue weighted by Gasteiger charge is -2.10. The van der Waals surface area contributed by atoms with E-state index < -0.39 is 5.82 Å². The second-order valence-electron chi connectivity index (χ2n) is 5.20. The van der Waals surface area contributed by atoms with E-state index in [0.29, 0.717) is 0 Å². The Morgan fingerprint density at radius 1 is 1.00 bits per heavy atom. The van der Waals surface area contributed by atoms with Crippen LogP contribution in [0.3, 0.4) is 0 Å². The van der Waals surface area contributed by atoms with Gasteiger partial charge in [-0.2, -0.15) is 0 Å². The molecular formula is C18H18FNO2. The fraction of sp³-hybridized carbons (Fsp3) is 0.222. The first-order valence-corrected chi connectivity index (χ1v) is 7.13. The summed E-state index contributed by atoms with van der Waals surface area (Å²) in [7, 11) is 0. The van der Waals surface area contributed by atoms with Gasteiger partial charge in [-0.25, -0.2) is 4.39 Å². The number of anilines is 1. The maximum absolute atomic E-state index is 13.5. The van der Waals surface area contributed by atoms with Gasteiger partial charge in [-0.1, -0.05) is 24.3 Å². The Kier molecular flexibility index (Phi) is 5.04. The number of carbonyl (C=O) groups is 2. The number of carbonyl (C=O) groups excluding carboxylic acids is 2. The first-order chi connectivity index (χ1) is 10.5. The number of Topliss-reactive ketones (excluding diaryl/α,β-unsaturated/α-hetero) is 1. The fourth-order valence-corrected chi connectivity index (χ4v) is 2.15. The van der Waals surface area contributed by atoms with Crippen molar-refractivity contribution in [3.05, 3.63) is 65.0 Å². The number of aryl methyl sites for hydroxylation is 1. The van der Waals surface area contributed by atoms with Crippen LogP contribution in [-0.4, -0.2) is 11.7 Å². The number of rotatable bonds is 5. The van der Waals surface area contributed by atoms with E-state index in [2.05, 4.69) is 5.32 Å². The van der Waals surface area contributed by atoms with Crippen molar-refractivity contribution in [2.24, 2.45) is 0 Å². The normalized spacial score (nSPS) is 10.3. The fourth-order valence-electron chi connectivity index (χ4n) is 2.15. The molecule has 0 unspecified atom stereocenters. The molecule has 0 spiro atoms. The van der Waals surface area contributed by atoms with Gasteiger partial charge in [0, 0.05) is 18.5 Å². The van der Waals surface area contributed by atoms with E-state index in [9.17, 15) is 14.0 Å². The largest absolute Gasteiger partial charge is 0.326 e. The van der Waals surface area contributed by atoms with E-state index in [1.807, 2.05) is 32.0 Å². The van der Waals surface area contributed by atoms with Crippen LogP contribution in [-0.2, 0) is 4.79 Å². The molecule has 0 fully saturated rings. The molecule has 114 valence electrons. The van der Waals surface area contributed by atoms with Crippen LogP contribution in [0.4, 0.5) is 10.1 Å². The summed E-state index contributed by atoms with van der Waals surface area (Å²) in [5.41, 5.74) is 2.85. The van der Waals surface area contributed by atoms with E-state index >= 15 is 0 Å². The molecule has 0 saturated heterocycles. The van der Waals surface area contributed by atoms with Gasteiger partial charge in [0.05, 0.1) is 5.56 Å². The summed E-state index contributed by atoms with van der Waals surface area (Å²) < 4.78 is 13.5. The second-order valence-corrected chi connectivity index (χ2v) is 5.20. The molecule has 22 heavy (non-hydrogen) atoms. The van der Waals surface area contributed by atoms with E-state index in [4.69, 9.17) is 0 Å². The quantitative estimate of drug-likeness (QED) is 0.847. The minimum Gasteiger partial charge on any atom is -0.326 e. The molecule has 0 aliphatic rings. The lowest BCUT2D eigenvalue weighted by molar-refractivity contribution is -0.116. The van der Waals surface area contributed by atoms with Crippen LogP contribution in [0.25, 0.3) is 0 Å². The molecule has 0 heterocycles. The Labute approximate surface area is 129 Å². The highest BCUT2D eigenvalue weighted by Crippen LogP contribution is 2.18. The molecule has 0 aliphatic heterocycles. The summed E-state index contributed by atoms with van der Waals surface area (Å²) in [5.74, 6) is -1.17. The van der Waals surface area contributed by atoms with Crippen LogP contribution in [0.15, 0.2) is 42.5 Å². The predicted octanol–water partition coefficient (Wildman–Crippen LogP) is 4.04. The van der Waals surface area contributed by atoms with Crippen molar-refractivity contribution >= 4 is 17.4 Å². The first-order valence-electron chi connectivity index (χ1n) is 7.13. The number of benzene rings is 2. The zero-order chi connectivity index (χ0) is 16.1. The van der Waals surface area contributed by atoms with Gasteiger partial charge in [-0.3, -0.25) is 9.59 Å². The number of halogens is 1. The molecule has 0 bridgehead atoms. The maximum atomic E-state index is 13.5. The molecule has 2 aromatic carbocycles. The highest BCUT2D eigenvalue weighted by atomic mass is 19.1. The average molecular weight is 299 g/mol. The van der Waals surface area contributed by atoms with Gasteiger partial charge in [0.15, 0.2) is 5.78 Å². The Hall–Kier alpha value is -2.49. The third kappa shape index (κ3) is 3.79. The van der Waals surface area contributed by atoms with E-state index in [0.717, 1.165) is 16.8 Å². The Morgan fingerprint density at radius 2 is 1.73 bits per heavy atom. The van der Waals surface area contributed by atoms with Gasteiger partial charge < -0.3 is 5.32 Å². The number of ketones is 1. The molecule has 1 N–H and O–H groups in total. The summed E-state index contributed by atoms with van der Waals surface area (Å²) in [6.07, 6.45) is 0.0121. The van der Waals surface area contributed by atoms with Gasteiger partial charge in [0.2, 0.25) is 5.91 Å². The maximum Gasteiger partial charge on any atom is 0.224 e. The molecule has 3 nitrogen and oxygen atoms in total. The Bertz CT molecular complexity index is 710. The van der Waals surface area contributed by atoms with Gasteiger partial charge in [-0.05, 0) is 43.2 Å². The second kappa shape index (κ2) is 6.98. The molecular weight excluding hydrogens is 281 g/mol. The van der Waals surface area contributed by atoms with Crippen LogP contribution in [0.1, 0.15) is 34.3 Å². The third-order valence-electron chi connectivity index (χ3n) is 3.63. The smallest absolute Gasteiger partial charge is 0.224 e. The van der Waals surface area contributed by atoms with Crippen LogP contribution in [0.5, 0.6) is 0 Å². The molecule has 2 aromatic rings. The molecule has 0 saturated carbocycles. The lowest BCUT2D eigenvalue weighted by Crippen LogP contribution is -2.15. The van der Waals surface area contributed by atoms with Crippen molar-refractivity contribution in [2.75, 3.05) is 5.32 Å². The van der Waals surface area contributed by atoms with Gasteiger partial charge in [0.25, 0.3) is 0 Å². The van der Waals surface area contributed by atoms with Crippen LogP contribution in [0, 0.1) is 19.7 Å². The predicted molar refractivity (Wildman–Crippen MR) is 84.5 cm³/mol. The van der Waals surface area contributed by atoms with E-state index in [1.165, 1.54) is 18.2 Å². The third-order valence-corrected chi connectivity index (χ3v) is 3.63. The van der Waals surface area contributed by atoms with Crippen molar-refractivity contribution in [2.45, 2.75) is 26.7 Å². The minimum atomic E-state index is -0.553. The molecule has 0 atom stereocenters. The lowest BCUT2D eigenvalue weighted by atomic mass is 10.1. The number of amides is 1. The first kappa shape index (κ1) is 15.9. The van der Waals surface area contributed by atoms with Crippen molar-refractivity contribution in [3.8, 4) is 0 Å². The molecule has 0 radical (unpaired) electrons. The highest BCUT2D eigenvalue weighted by molar-refractivity contribution is 6.00. The van der Waals surface area contributed by atoms with Crippen molar-refractivity contribution in [1.82, 2.24) is 0 Å². The van der Waals surface area contributed by atoms with Gasteiger partial charge in [-0.15, -0.1) is 0 Å². The SMILES string of the molecule is Cc1cccc(NC(=O)CCC(=O)c2ccccc2F)c1C. The topological polar surface area (TPSA) is 46.2 Å². The molecule has 0 aromatic heterocycles. The Morgan fingerprint density at radius 3 is 2.45 bits per heavy atom. The van der Waals surface area contributed by atoms with E-state index in [-0.39, 0.29) is 30.1 Å². The summed E-state index contributed by atoms with van der Waals surface area (Å²) >= 11 is 0. The number of hydrogen-bond acceptors (Lipinski definition) is 2. The summed E-state index contributed by atoms with van der Waals surface area (Å²) in [4.78, 5) is 23.9. The molecule has 2 rings (SSSR count). The van der Waals surface area contributed by atoms with Crippen molar-refractivity contribution < 1.29 is 14.0 Å². The zero-order valence-electron chi connectivity index (χ0n) is 12.7. The summed E-state index contributed by atoms with van der Waals surface area (Å²) in [6.45, 7) is 3.89. The van der Waals surface area contributed by atoms with Crippen LogP contribution >= 0.6 is 0 Å². The van der Waals surface area contributed by atoms with Crippen LogP contribution < -0.4 is 5.32 Å². The van der Waals surface area contributed by atoms with Gasteiger partial charge >= 0.3 is 0 Å². The number of hydrogen-bond donors (Lipinski definition) is 1. The highest BCUT2D eigenvalue weighted by Gasteiger charge is 2.13. The van der Waals surface area contributed by atoms with Crippen molar-refractivity contribution in [3.63, 3.8) is 0 Å². The number of nitrogens with one attached hydrogen (secondary N) is 1.